The van der Waals surface area contributed by atoms with E-state index in [-0.39, 0.29) is 24.2 Å². The molecule has 0 heterocycles. The van der Waals surface area contributed by atoms with Crippen molar-refractivity contribution in [3.05, 3.63) is 0 Å². The Balaban J connectivity index is 3.46. The maximum absolute atomic E-state index is 11.8. The van der Waals surface area contributed by atoms with Crippen LogP contribution in [0, 0.1) is 5.92 Å². The lowest BCUT2D eigenvalue weighted by Gasteiger charge is -2.17. The Morgan fingerprint density at radius 2 is 1.70 bits per heavy atom. The molecule has 8 heteroatoms. The van der Waals surface area contributed by atoms with Gasteiger partial charge >= 0.3 is 0 Å². The smallest absolute Gasteiger partial charge is 0.223 e. The molecule has 1 unspecified atom stereocenters. The van der Waals surface area contributed by atoms with Gasteiger partial charge in [0.15, 0.2) is 0 Å². The molecule has 0 saturated heterocycles. The van der Waals surface area contributed by atoms with Crippen molar-refractivity contribution in [2.45, 2.75) is 39.0 Å². The van der Waals surface area contributed by atoms with Crippen LogP contribution in [-0.2, 0) is 23.9 Å². The molecule has 0 aromatic heterocycles. The minimum atomic E-state index is -0.237. The molecule has 0 spiro atoms. The number of aldehydes is 1. The Labute approximate surface area is 163 Å². The number of likely N-dealkylation sites (N-methyl/N-ethyl adjacent to an activating group) is 1. The second-order valence-corrected chi connectivity index (χ2v) is 6.62. The number of carbonyl (C=O) groups is 3. The van der Waals surface area contributed by atoms with Crippen LogP contribution in [0.1, 0.15) is 39.0 Å². The van der Waals surface area contributed by atoms with Gasteiger partial charge in [-0.15, -0.1) is 0 Å². The standard InChI is InChI=1S/C19H37N3O5/c1-17(16-23)15-19(25)22(3)10-6-4-5-7-18(24)21-9-12-27-14-13-26-11-8-20-2/h16-17,20H,4-15H2,1-3H3,(H,21,24). The molecule has 0 saturated carbocycles. The van der Waals surface area contributed by atoms with Crippen LogP contribution in [-0.4, -0.2) is 83.2 Å². The highest BCUT2D eigenvalue weighted by Gasteiger charge is 2.12. The number of ether oxygens (including phenoxy) is 2. The molecule has 0 aliphatic rings. The molecule has 0 fully saturated rings. The molecule has 8 nitrogen and oxygen atoms in total. The number of unbranched alkanes of at least 4 members (excludes halogenated alkanes) is 2. The zero-order valence-corrected chi connectivity index (χ0v) is 17.1. The van der Waals surface area contributed by atoms with Gasteiger partial charge in [0.05, 0.1) is 26.4 Å². The Hall–Kier alpha value is -1.51. The Bertz CT molecular complexity index is 407. The van der Waals surface area contributed by atoms with E-state index in [1.807, 2.05) is 7.05 Å². The Morgan fingerprint density at radius 3 is 2.33 bits per heavy atom. The van der Waals surface area contributed by atoms with E-state index in [0.717, 1.165) is 32.1 Å². The fraction of sp³-hybridized carbons (Fsp3) is 0.842. The normalized spacial score (nSPS) is 11.8. The highest BCUT2D eigenvalue weighted by Crippen LogP contribution is 2.05. The maximum atomic E-state index is 11.8. The van der Waals surface area contributed by atoms with Gasteiger partial charge in [0, 0.05) is 45.4 Å². The zero-order chi connectivity index (χ0) is 20.3. The van der Waals surface area contributed by atoms with Crippen molar-refractivity contribution in [3.63, 3.8) is 0 Å². The van der Waals surface area contributed by atoms with Gasteiger partial charge in [-0.2, -0.15) is 0 Å². The molecule has 1 atom stereocenters. The average molecular weight is 388 g/mol. The first-order chi connectivity index (χ1) is 13.0. The summed E-state index contributed by atoms with van der Waals surface area (Å²) in [5.74, 6) is -0.230. The van der Waals surface area contributed by atoms with E-state index >= 15 is 0 Å². The third-order valence-corrected chi connectivity index (χ3v) is 3.99. The predicted molar refractivity (Wildman–Crippen MR) is 105 cm³/mol. The molecule has 0 aliphatic carbocycles. The second kappa shape index (κ2) is 17.9. The lowest BCUT2D eigenvalue weighted by Crippen LogP contribution is -2.29. The fourth-order valence-electron chi connectivity index (χ4n) is 2.26. The summed E-state index contributed by atoms with van der Waals surface area (Å²) in [5, 5.41) is 5.82. The van der Waals surface area contributed by atoms with E-state index in [1.165, 1.54) is 0 Å². The van der Waals surface area contributed by atoms with E-state index in [2.05, 4.69) is 10.6 Å². The number of nitrogens with zero attached hydrogens (tertiary/aromatic N) is 1. The Morgan fingerprint density at radius 1 is 1.04 bits per heavy atom. The lowest BCUT2D eigenvalue weighted by atomic mass is 10.1. The number of hydrogen-bond donors (Lipinski definition) is 2. The van der Waals surface area contributed by atoms with Crippen molar-refractivity contribution < 1.29 is 23.9 Å². The first-order valence-corrected chi connectivity index (χ1v) is 9.77. The van der Waals surface area contributed by atoms with Gasteiger partial charge in [0.1, 0.15) is 6.29 Å². The zero-order valence-electron chi connectivity index (χ0n) is 17.1. The van der Waals surface area contributed by atoms with E-state index in [0.29, 0.717) is 45.9 Å². The van der Waals surface area contributed by atoms with Crippen LogP contribution >= 0.6 is 0 Å². The van der Waals surface area contributed by atoms with Crippen molar-refractivity contribution in [1.82, 2.24) is 15.5 Å². The van der Waals surface area contributed by atoms with Crippen LogP contribution in [0.25, 0.3) is 0 Å². The van der Waals surface area contributed by atoms with Crippen LogP contribution in [0.15, 0.2) is 0 Å². The molecular formula is C19H37N3O5. The van der Waals surface area contributed by atoms with Crippen molar-refractivity contribution >= 4 is 18.1 Å². The number of amides is 2. The third-order valence-electron chi connectivity index (χ3n) is 3.99. The quantitative estimate of drug-likeness (QED) is 0.264. The number of rotatable bonds is 18. The van der Waals surface area contributed by atoms with Crippen LogP contribution < -0.4 is 10.6 Å². The molecule has 0 radical (unpaired) electrons. The average Bonchev–Trinajstić information content (AvgIpc) is 2.65. The SMILES string of the molecule is CNCCOCCOCCNC(=O)CCCCCN(C)C(=O)CC(C)C=O. The van der Waals surface area contributed by atoms with Crippen LogP contribution in [0.3, 0.4) is 0 Å². The van der Waals surface area contributed by atoms with E-state index in [1.54, 1.807) is 18.9 Å². The number of nitrogens with one attached hydrogen (secondary N) is 2. The molecule has 0 aromatic carbocycles. The highest BCUT2D eigenvalue weighted by atomic mass is 16.5. The summed E-state index contributed by atoms with van der Waals surface area (Å²) in [5.41, 5.74) is 0. The molecule has 2 amide bonds. The van der Waals surface area contributed by atoms with Gasteiger partial charge in [0.2, 0.25) is 11.8 Å². The topological polar surface area (TPSA) is 97.0 Å². The van der Waals surface area contributed by atoms with Gasteiger partial charge in [-0.05, 0) is 19.9 Å². The van der Waals surface area contributed by atoms with Crippen LogP contribution in [0.5, 0.6) is 0 Å². The summed E-state index contributed by atoms with van der Waals surface area (Å²) in [7, 11) is 3.62. The van der Waals surface area contributed by atoms with Crippen molar-refractivity contribution in [2.75, 3.05) is 60.2 Å². The summed E-state index contributed by atoms with van der Waals surface area (Å²) in [6, 6.07) is 0. The lowest BCUT2D eigenvalue weighted by molar-refractivity contribution is -0.132. The van der Waals surface area contributed by atoms with Gasteiger partial charge < -0.3 is 29.8 Å². The maximum Gasteiger partial charge on any atom is 0.223 e. The molecule has 158 valence electrons. The van der Waals surface area contributed by atoms with Crippen molar-refractivity contribution in [3.8, 4) is 0 Å². The largest absolute Gasteiger partial charge is 0.378 e. The van der Waals surface area contributed by atoms with Gasteiger partial charge in [-0.25, -0.2) is 0 Å². The molecule has 0 bridgehead atoms. The molecule has 2 N–H and O–H groups in total. The fourth-order valence-corrected chi connectivity index (χ4v) is 2.26. The highest BCUT2D eigenvalue weighted by molar-refractivity contribution is 5.78. The van der Waals surface area contributed by atoms with Gasteiger partial charge in [0.25, 0.3) is 0 Å². The van der Waals surface area contributed by atoms with Gasteiger partial charge in [-0.3, -0.25) is 9.59 Å². The molecular weight excluding hydrogens is 350 g/mol. The van der Waals surface area contributed by atoms with Crippen LogP contribution in [0.2, 0.25) is 0 Å². The van der Waals surface area contributed by atoms with E-state index in [4.69, 9.17) is 9.47 Å². The summed E-state index contributed by atoms with van der Waals surface area (Å²) < 4.78 is 10.7. The molecule has 0 aliphatic heterocycles. The third kappa shape index (κ3) is 16.4. The minimum absolute atomic E-state index is 0.0141. The second-order valence-electron chi connectivity index (χ2n) is 6.62. The first kappa shape index (κ1) is 25.5. The first-order valence-electron chi connectivity index (χ1n) is 9.77. The summed E-state index contributed by atoms with van der Waals surface area (Å²) in [6.07, 6.45) is 4.06. The van der Waals surface area contributed by atoms with E-state index in [9.17, 15) is 14.4 Å². The monoisotopic (exact) mass is 387 g/mol. The predicted octanol–water partition coefficient (Wildman–Crippen LogP) is 0.599. The van der Waals surface area contributed by atoms with Crippen molar-refractivity contribution in [2.24, 2.45) is 5.92 Å². The summed E-state index contributed by atoms with van der Waals surface area (Å²) >= 11 is 0. The molecule has 0 aromatic rings. The van der Waals surface area contributed by atoms with E-state index < -0.39 is 0 Å². The molecule has 0 rings (SSSR count). The minimum Gasteiger partial charge on any atom is -0.378 e. The van der Waals surface area contributed by atoms with Gasteiger partial charge in [-0.1, -0.05) is 13.3 Å². The van der Waals surface area contributed by atoms with Crippen LogP contribution in [0.4, 0.5) is 0 Å². The number of hydrogen-bond acceptors (Lipinski definition) is 6. The summed E-state index contributed by atoms with van der Waals surface area (Å²) in [6.45, 7) is 5.94. The molecule has 27 heavy (non-hydrogen) atoms. The Kier molecular flexibility index (Phi) is 16.9. The van der Waals surface area contributed by atoms with Crippen molar-refractivity contribution in [1.29, 1.82) is 0 Å². The summed E-state index contributed by atoms with van der Waals surface area (Å²) in [4.78, 5) is 35.8. The number of carbonyl (C=O) groups excluding carboxylic acids is 3.